The van der Waals surface area contributed by atoms with Crippen LogP contribution >= 0.6 is 0 Å². The second kappa shape index (κ2) is 6.97. The van der Waals surface area contributed by atoms with Crippen molar-refractivity contribution in [1.82, 2.24) is 4.90 Å². The van der Waals surface area contributed by atoms with Crippen LogP contribution in [0, 0.1) is 10.1 Å². The predicted octanol–water partition coefficient (Wildman–Crippen LogP) is 2.60. The summed E-state index contributed by atoms with van der Waals surface area (Å²) in [5.74, 6) is -1.31. The number of ketones is 1. The van der Waals surface area contributed by atoms with Gasteiger partial charge in [-0.1, -0.05) is 18.2 Å². The van der Waals surface area contributed by atoms with Crippen LogP contribution in [0.15, 0.2) is 42.5 Å². The van der Waals surface area contributed by atoms with Gasteiger partial charge in [0.15, 0.2) is 5.78 Å². The van der Waals surface area contributed by atoms with Crippen LogP contribution in [0.1, 0.15) is 49.5 Å². The number of non-ortho nitro benzene ring substituents is 1. The highest BCUT2D eigenvalue weighted by atomic mass is 16.6. The molecule has 1 saturated heterocycles. The monoisotopic (exact) mass is 380 g/mol. The molecule has 0 saturated carbocycles. The molecular formula is C20H16N2O6. The van der Waals surface area contributed by atoms with Gasteiger partial charge in [-0.15, -0.1) is 0 Å². The zero-order valence-corrected chi connectivity index (χ0v) is 14.8. The lowest BCUT2D eigenvalue weighted by Crippen LogP contribution is -2.36. The number of hydrogen-bond donors (Lipinski definition) is 0. The van der Waals surface area contributed by atoms with Gasteiger partial charge in [0.2, 0.25) is 0 Å². The van der Waals surface area contributed by atoms with Crippen molar-refractivity contribution in [2.45, 2.75) is 18.9 Å². The first-order chi connectivity index (χ1) is 13.5. The van der Waals surface area contributed by atoms with Crippen molar-refractivity contribution in [3.8, 4) is 0 Å². The Balaban J connectivity index is 1.62. The van der Waals surface area contributed by atoms with Gasteiger partial charge in [-0.25, -0.2) is 0 Å². The molecule has 8 heteroatoms. The van der Waals surface area contributed by atoms with Crippen LogP contribution < -0.4 is 0 Å². The average Bonchev–Trinajstić information content (AvgIpc) is 3.30. The zero-order chi connectivity index (χ0) is 19.8. The predicted molar refractivity (Wildman–Crippen MR) is 97.3 cm³/mol. The Kier molecular flexibility index (Phi) is 4.48. The van der Waals surface area contributed by atoms with Gasteiger partial charge in [0.05, 0.1) is 28.7 Å². The quantitative estimate of drug-likeness (QED) is 0.342. The summed E-state index contributed by atoms with van der Waals surface area (Å²) in [6.07, 6.45) is 1.53. The van der Waals surface area contributed by atoms with E-state index < -0.39 is 22.5 Å². The minimum Gasteiger partial charge on any atom is -0.376 e. The van der Waals surface area contributed by atoms with Gasteiger partial charge < -0.3 is 4.74 Å². The molecule has 0 spiro atoms. The summed E-state index contributed by atoms with van der Waals surface area (Å²) in [5, 5.41) is 10.9. The van der Waals surface area contributed by atoms with Crippen molar-refractivity contribution in [1.29, 1.82) is 0 Å². The maximum absolute atomic E-state index is 12.7. The van der Waals surface area contributed by atoms with E-state index in [2.05, 4.69) is 0 Å². The molecule has 1 unspecified atom stereocenters. The number of amides is 2. The summed E-state index contributed by atoms with van der Waals surface area (Å²) in [6.45, 7) is 0.816. The van der Waals surface area contributed by atoms with E-state index in [0.29, 0.717) is 6.61 Å². The van der Waals surface area contributed by atoms with Crippen LogP contribution in [-0.2, 0) is 4.74 Å². The molecule has 142 valence electrons. The van der Waals surface area contributed by atoms with E-state index in [0.717, 1.165) is 17.7 Å². The Morgan fingerprint density at radius 1 is 1.11 bits per heavy atom. The molecule has 8 nitrogen and oxygen atoms in total. The van der Waals surface area contributed by atoms with Gasteiger partial charge in [-0.05, 0) is 25.0 Å². The average molecular weight is 380 g/mol. The molecule has 2 heterocycles. The summed E-state index contributed by atoms with van der Waals surface area (Å²) >= 11 is 0. The lowest BCUT2D eigenvalue weighted by Gasteiger charge is -2.17. The topological polar surface area (TPSA) is 107 Å². The van der Waals surface area contributed by atoms with Crippen LogP contribution in [0.3, 0.4) is 0 Å². The number of carbonyl (C=O) groups excluding carboxylic acids is 3. The number of carbonyl (C=O) groups is 3. The molecule has 2 aromatic rings. The fourth-order valence-corrected chi connectivity index (χ4v) is 3.52. The second-order valence-corrected chi connectivity index (χ2v) is 6.75. The number of nitrogens with zero attached hydrogens (tertiary/aromatic N) is 2. The molecule has 28 heavy (non-hydrogen) atoms. The zero-order valence-electron chi connectivity index (χ0n) is 14.8. The number of rotatable bonds is 5. The van der Waals surface area contributed by atoms with Gasteiger partial charge >= 0.3 is 0 Å². The van der Waals surface area contributed by atoms with Crippen molar-refractivity contribution in [3.63, 3.8) is 0 Å². The molecule has 2 aliphatic rings. The van der Waals surface area contributed by atoms with E-state index in [1.165, 1.54) is 42.5 Å². The van der Waals surface area contributed by atoms with Crippen LogP contribution in [0.5, 0.6) is 0 Å². The molecule has 4 rings (SSSR count). The van der Waals surface area contributed by atoms with Crippen molar-refractivity contribution in [2.75, 3.05) is 13.2 Å². The molecule has 0 aliphatic carbocycles. The van der Waals surface area contributed by atoms with Crippen molar-refractivity contribution in [3.05, 3.63) is 74.8 Å². The smallest absolute Gasteiger partial charge is 0.270 e. The van der Waals surface area contributed by atoms with Crippen LogP contribution in [0.25, 0.3) is 0 Å². The number of ether oxygens (including phenoxy) is 1. The number of imide groups is 1. The molecular weight excluding hydrogens is 364 g/mol. The Morgan fingerprint density at radius 2 is 1.86 bits per heavy atom. The summed E-state index contributed by atoms with van der Waals surface area (Å²) in [7, 11) is 0. The van der Waals surface area contributed by atoms with Crippen LogP contribution in [0.2, 0.25) is 0 Å². The molecule has 0 bridgehead atoms. The summed E-state index contributed by atoms with van der Waals surface area (Å²) < 4.78 is 5.51. The third-order valence-corrected chi connectivity index (χ3v) is 4.96. The first-order valence-corrected chi connectivity index (χ1v) is 8.86. The van der Waals surface area contributed by atoms with Gasteiger partial charge in [0.1, 0.15) is 0 Å². The van der Waals surface area contributed by atoms with Gasteiger partial charge in [0.25, 0.3) is 17.5 Å². The highest BCUT2D eigenvalue weighted by Gasteiger charge is 2.38. The number of nitro benzene ring substituents is 1. The number of hydrogen-bond acceptors (Lipinski definition) is 6. The SMILES string of the molecule is O=C(c1cccc([N+](=O)[O-])c1)c1ccc2c(c1)C(=O)N(CC1CCCO1)C2=O. The molecule has 1 fully saturated rings. The summed E-state index contributed by atoms with van der Waals surface area (Å²) in [5.41, 5.74) is 0.556. The van der Waals surface area contributed by atoms with Crippen molar-refractivity contribution >= 4 is 23.3 Å². The van der Waals surface area contributed by atoms with E-state index >= 15 is 0 Å². The van der Waals surface area contributed by atoms with E-state index in [1.54, 1.807) is 0 Å². The number of benzene rings is 2. The standard InChI is InChI=1S/C20H16N2O6/c23-18(12-3-1-4-14(9-12)22(26)27)13-6-7-16-17(10-13)20(25)21(19(16)24)11-15-5-2-8-28-15/h1,3-4,6-7,9-10,15H,2,5,8,11H2. The van der Waals surface area contributed by atoms with Crippen LogP contribution in [0.4, 0.5) is 5.69 Å². The van der Waals surface area contributed by atoms with E-state index in [9.17, 15) is 24.5 Å². The Hall–Kier alpha value is -3.39. The lowest BCUT2D eigenvalue weighted by atomic mass is 9.99. The maximum Gasteiger partial charge on any atom is 0.270 e. The Labute approximate surface area is 159 Å². The molecule has 1 atom stereocenters. The minimum absolute atomic E-state index is 0.141. The molecule has 2 amide bonds. The van der Waals surface area contributed by atoms with Gasteiger partial charge in [-0.2, -0.15) is 0 Å². The maximum atomic E-state index is 12.7. The first-order valence-electron chi connectivity index (χ1n) is 8.86. The molecule has 0 N–H and O–H groups in total. The highest BCUT2D eigenvalue weighted by Crippen LogP contribution is 2.27. The normalized spacial score (nSPS) is 18.4. The second-order valence-electron chi connectivity index (χ2n) is 6.75. The lowest BCUT2D eigenvalue weighted by molar-refractivity contribution is -0.384. The third kappa shape index (κ3) is 3.07. The van der Waals surface area contributed by atoms with Crippen LogP contribution in [-0.4, -0.2) is 46.7 Å². The highest BCUT2D eigenvalue weighted by molar-refractivity contribution is 6.22. The third-order valence-electron chi connectivity index (χ3n) is 4.96. The Morgan fingerprint density at radius 3 is 2.57 bits per heavy atom. The fraction of sp³-hybridized carbons (Fsp3) is 0.250. The summed E-state index contributed by atoms with van der Waals surface area (Å²) in [6, 6.07) is 9.68. The molecule has 2 aliphatic heterocycles. The van der Waals surface area contributed by atoms with Crippen molar-refractivity contribution < 1.29 is 24.0 Å². The first kappa shape index (κ1) is 18.0. The molecule has 0 radical (unpaired) electrons. The van der Waals surface area contributed by atoms with E-state index in [1.807, 2.05) is 0 Å². The molecule has 2 aromatic carbocycles. The number of nitro groups is 1. The molecule has 0 aromatic heterocycles. The van der Waals surface area contributed by atoms with Crippen molar-refractivity contribution in [2.24, 2.45) is 0 Å². The fourth-order valence-electron chi connectivity index (χ4n) is 3.52. The minimum atomic E-state index is -0.579. The summed E-state index contributed by atoms with van der Waals surface area (Å²) in [4.78, 5) is 49.5. The largest absolute Gasteiger partial charge is 0.376 e. The number of fused-ring (bicyclic) bond motifs is 1. The van der Waals surface area contributed by atoms with E-state index in [-0.39, 0.29) is 40.6 Å². The van der Waals surface area contributed by atoms with Gasteiger partial charge in [-0.3, -0.25) is 29.4 Å². The van der Waals surface area contributed by atoms with Gasteiger partial charge in [0, 0.05) is 29.9 Å². The Bertz CT molecular complexity index is 1010. The van der Waals surface area contributed by atoms with E-state index in [4.69, 9.17) is 4.74 Å².